The molecule has 0 aromatic carbocycles. The summed E-state index contributed by atoms with van der Waals surface area (Å²) in [7, 11) is 0. The SMILES string of the molecule is CC(C)(C)OC(=O)CN[C@@H]1CCNC1. The Morgan fingerprint density at radius 2 is 2.29 bits per heavy atom. The molecule has 82 valence electrons. The number of ether oxygens (including phenoxy) is 1. The number of carbonyl (C=O) groups is 1. The predicted octanol–water partition coefficient (Wildman–Crippen LogP) is 0.280. The van der Waals surface area contributed by atoms with Crippen molar-refractivity contribution in [3.05, 3.63) is 0 Å². The van der Waals surface area contributed by atoms with Gasteiger partial charge in [0, 0.05) is 12.6 Å². The van der Waals surface area contributed by atoms with Gasteiger partial charge in [0.15, 0.2) is 0 Å². The molecule has 1 rings (SSSR count). The van der Waals surface area contributed by atoms with Crippen molar-refractivity contribution < 1.29 is 9.53 Å². The molecule has 2 N–H and O–H groups in total. The Hall–Kier alpha value is -0.610. The van der Waals surface area contributed by atoms with Crippen LogP contribution in [-0.2, 0) is 9.53 Å². The molecule has 0 saturated carbocycles. The van der Waals surface area contributed by atoms with Crippen molar-refractivity contribution in [2.24, 2.45) is 0 Å². The lowest BCUT2D eigenvalue weighted by molar-refractivity contribution is -0.153. The van der Waals surface area contributed by atoms with E-state index < -0.39 is 0 Å². The van der Waals surface area contributed by atoms with Gasteiger partial charge in [0.2, 0.25) is 0 Å². The molecule has 1 aliphatic rings. The van der Waals surface area contributed by atoms with E-state index in [1.807, 2.05) is 20.8 Å². The Morgan fingerprint density at radius 3 is 2.79 bits per heavy atom. The normalized spacial score (nSPS) is 22.4. The van der Waals surface area contributed by atoms with Gasteiger partial charge in [-0.15, -0.1) is 0 Å². The third-order valence-electron chi connectivity index (χ3n) is 2.02. The number of nitrogens with one attached hydrogen (secondary N) is 2. The standard InChI is InChI=1S/C10H20N2O2/c1-10(2,3)14-9(13)7-12-8-4-5-11-6-8/h8,11-12H,4-7H2,1-3H3/t8-/m1/s1. The van der Waals surface area contributed by atoms with E-state index in [0.29, 0.717) is 12.6 Å². The van der Waals surface area contributed by atoms with Gasteiger partial charge >= 0.3 is 5.97 Å². The van der Waals surface area contributed by atoms with Crippen LogP contribution < -0.4 is 10.6 Å². The smallest absolute Gasteiger partial charge is 0.320 e. The fourth-order valence-electron chi connectivity index (χ4n) is 1.43. The molecular formula is C10H20N2O2. The van der Waals surface area contributed by atoms with E-state index in [1.165, 1.54) is 0 Å². The van der Waals surface area contributed by atoms with E-state index >= 15 is 0 Å². The maximum Gasteiger partial charge on any atom is 0.320 e. The van der Waals surface area contributed by atoms with Gasteiger partial charge in [0.25, 0.3) is 0 Å². The first-order chi connectivity index (χ1) is 6.47. The Balaban J connectivity index is 2.14. The van der Waals surface area contributed by atoms with E-state index in [4.69, 9.17) is 4.74 Å². The van der Waals surface area contributed by atoms with Crippen molar-refractivity contribution in [2.45, 2.75) is 38.8 Å². The molecule has 0 aromatic heterocycles. The first-order valence-corrected chi connectivity index (χ1v) is 5.13. The zero-order valence-electron chi connectivity index (χ0n) is 9.22. The minimum Gasteiger partial charge on any atom is -0.459 e. The summed E-state index contributed by atoms with van der Waals surface area (Å²) in [5.74, 6) is -0.176. The summed E-state index contributed by atoms with van der Waals surface area (Å²) in [5, 5.41) is 6.40. The lowest BCUT2D eigenvalue weighted by Gasteiger charge is -2.20. The van der Waals surface area contributed by atoms with Crippen LogP contribution in [-0.4, -0.2) is 37.2 Å². The molecule has 4 heteroatoms. The number of esters is 1. The van der Waals surface area contributed by atoms with Crippen LogP contribution >= 0.6 is 0 Å². The van der Waals surface area contributed by atoms with Gasteiger partial charge in [-0.3, -0.25) is 4.79 Å². The average molecular weight is 200 g/mol. The molecular weight excluding hydrogens is 180 g/mol. The topological polar surface area (TPSA) is 50.4 Å². The third-order valence-corrected chi connectivity index (χ3v) is 2.02. The predicted molar refractivity (Wildman–Crippen MR) is 55.1 cm³/mol. The molecule has 0 aromatic rings. The molecule has 0 radical (unpaired) electrons. The summed E-state index contributed by atoms with van der Waals surface area (Å²) in [4.78, 5) is 11.3. The second-order valence-corrected chi connectivity index (χ2v) is 4.66. The van der Waals surface area contributed by atoms with Crippen LogP contribution in [0, 0.1) is 0 Å². The summed E-state index contributed by atoms with van der Waals surface area (Å²) < 4.78 is 5.18. The van der Waals surface area contributed by atoms with Gasteiger partial charge in [-0.1, -0.05) is 0 Å². The van der Waals surface area contributed by atoms with Gasteiger partial charge in [-0.25, -0.2) is 0 Å². The molecule has 1 atom stereocenters. The van der Waals surface area contributed by atoms with E-state index in [2.05, 4.69) is 10.6 Å². The second kappa shape index (κ2) is 4.75. The molecule has 0 unspecified atom stereocenters. The van der Waals surface area contributed by atoms with Crippen LogP contribution in [0.5, 0.6) is 0 Å². The molecule has 0 bridgehead atoms. The maximum absolute atomic E-state index is 11.3. The fourth-order valence-corrected chi connectivity index (χ4v) is 1.43. The maximum atomic E-state index is 11.3. The molecule has 0 amide bonds. The van der Waals surface area contributed by atoms with Crippen LogP contribution in [0.25, 0.3) is 0 Å². The Kier molecular flexibility index (Phi) is 3.89. The highest BCUT2D eigenvalue weighted by Crippen LogP contribution is 2.06. The lowest BCUT2D eigenvalue weighted by atomic mass is 10.2. The highest BCUT2D eigenvalue weighted by atomic mass is 16.6. The summed E-state index contributed by atoms with van der Waals surface area (Å²) in [5.41, 5.74) is -0.382. The molecule has 1 saturated heterocycles. The highest BCUT2D eigenvalue weighted by molar-refractivity contribution is 5.72. The summed E-state index contributed by atoms with van der Waals surface area (Å²) >= 11 is 0. The van der Waals surface area contributed by atoms with Crippen molar-refractivity contribution in [2.75, 3.05) is 19.6 Å². The van der Waals surface area contributed by atoms with Crippen LogP contribution in [0.15, 0.2) is 0 Å². The monoisotopic (exact) mass is 200 g/mol. The summed E-state index contributed by atoms with van der Waals surface area (Å²) in [6, 6.07) is 0.419. The minimum absolute atomic E-state index is 0.176. The van der Waals surface area contributed by atoms with Gasteiger partial charge in [0.05, 0.1) is 6.54 Å². The summed E-state index contributed by atoms with van der Waals surface area (Å²) in [6.45, 7) is 7.92. The fraction of sp³-hybridized carbons (Fsp3) is 0.900. The molecule has 1 fully saturated rings. The van der Waals surface area contributed by atoms with Gasteiger partial charge in [-0.05, 0) is 33.7 Å². The molecule has 0 spiro atoms. The van der Waals surface area contributed by atoms with Crippen LogP contribution in [0.4, 0.5) is 0 Å². The largest absolute Gasteiger partial charge is 0.459 e. The van der Waals surface area contributed by atoms with Crippen molar-refractivity contribution >= 4 is 5.97 Å². The Bertz CT molecular complexity index is 193. The van der Waals surface area contributed by atoms with Crippen LogP contribution in [0.2, 0.25) is 0 Å². The van der Waals surface area contributed by atoms with Crippen molar-refractivity contribution in [3.63, 3.8) is 0 Å². The van der Waals surface area contributed by atoms with Gasteiger partial charge in [-0.2, -0.15) is 0 Å². The quantitative estimate of drug-likeness (QED) is 0.642. The van der Waals surface area contributed by atoms with E-state index in [0.717, 1.165) is 19.5 Å². The van der Waals surface area contributed by atoms with Gasteiger partial charge in [0.1, 0.15) is 5.60 Å². The number of hydrogen-bond donors (Lipinski definition) is 2. The number of carbonyl (C=O) groups excluding carboxylic acids is 1. The number of hydrogen-bond acceptors (Lipinski definition) is 4. The van der Waals surface area contributed by atoms with E-state index in [-0.39, 0.29) is 11.6 Å². The van der Waals surface area contributed by atoms with Crippen LogP contribution in [0.1, 0.15) is 27.2 Å². The minimum atomic E-state index is -0.382. The van der Waals surface area contributed by atoms with Crippen LogP contribution in [0.3, 0.4) is 0 Å². The van der Waals surface area contributed by atoms with Crippen molar-refractivity contribution in [3.8, 4) is 0 Å². The first kappa shape index (κ1) is 11.5. The van der Waals surface area contributed by atoms with E-state index in [9.17, 15) is 4.79 Å². The molecule has 4 nitrogen and oxygen atoms in total. The molecule has 0 aliphatic carbocycles. The third kappa shape index (κ3) is 4.58. The molecule has 1 aliphatic heterocycles. The Labute approximate surface area is 85.4 Å². The summed E-state index contributed by atoms with van der Waals surface area (Å²) in [6.07, 6.45) is 1.09. The average Bonchev–Trinajstić information content (AvgIpc) is 2.49. The van der Waals surface area contributed by atoms with Gasteiger partial charge < -0.3 is 15.4 Å². The number of rotatable bonds is 3. The molecule has 14 heavy (non-hydrogen) atoms. The first-order valence-electron chi connectivity index (χ1n) is 5.13. The zero-order valence-corrected chi connectivity index (χ0v) is 9.22. The molecule has 1 heterocycles. The van der Waals surface area contributed by atoms with Crippen molar-refractivity contribution in [1.29, 1.82) is 0 Å². The highest BCUT2D eigenvalue weighted by Gasteiger charge is 2.18. The zero-order chi connectivity index (χ0) is 10.6. The second-order valence-electron chi connectivity index (χ2n) is 4.66. The van der Waals surface area contributed by atoms with E-state index in [1.54, 1.807) is 0 Å². The van der Waals surface area contributed by atoms with Crippen molar-refractivity contribution in [1.82, 2.24) is 10.6 Å². The lowest BCUT2D eigenvalue weighted by Crippen LogP contribution is -2.38. The Morgan fingerprint density at radius 1 is 1.57 bits per heavy atom.